The lowest BCUT2D eigenvalue weighted by Gasteiger charge is -2.25. The van der Waals surface area contributed by atoms with Crippen LogP contribution in [0.25, 0.3) is 5.76 Å². The van der Waals surface area contributed by atoms with Crippen molar-refractivity contribution in [2.24, 2.45) is 5.92 Å². The van der Waals surface area contributed by atoms with Crippen molar-refractivity contribution in [1.82, 2.24) is 4.90 Å². The van der Waals surface area contributed by atoms with Crippen molar-refractivity contribution < 1.29 is 28.9 Å². The molecule has 0 aromatic heterocycles. The Morgan fingerprint density at radius 2 is 1.68 bits per heavy atom. The lowest BCUT2D eigenvalue weighted by atomic mass is 9.93. The van der Waals surface area contributed by atoms with Gasteiger partial charge in [-0.2, -0.15) is 0 Å². The van der Waals surface area contributed by atoms with Crippen molar-refractivity contribution in [2.45, 2.75) is 26.8 Å². The molecule has 1 N–H and O–H groups in total. The maximum atomic E-state index is 13.3. The molecule has 1 aliphatic heterocycles. The van der Waals surface area contributed by atoms with Gasteiger partial charge >= 0.3 is 0 Å². The van der Waals surface area contributed by atoms with Crippen molar-refractivity contribution >= 4 is 17.4 Å². The molecule has 3 aromatic rings. The summed E-state index contributed by atoms with van der Waals surface area (Å²) < 4.78 is 17.0. The quantitative estimate of drug-likeness (QED) is 0.206. The van der Waals surface area contributed by atoms with Gasteiger partial charge in [0, 0.05) is 19.2 Å². The average molecular weight is 516 g/mol. The molecule has 0 bridgehead atoms. The van der Waals surface area contributed by atoms with E-state index in [9.17, 15) is 14.7 Å². The van der Waals surface area contributed by atoms with Crippen molar-refractivity contribution in [2.75, 3.05) is 26.9 Å². The molecular formula is C31H33NO6. The van der Waals surface area contributed by atoms with Crippen molar-refractivity contribution in [1.29, 1.82) is 0 Å². The molecule has 1 fully saturated rings. The van der Waals surface area contributed by atoms with Gasteiger partial charge in [-0.25, -0.2) is 0 Å². The van der Waals surface area contributed by atoms with E-state index in [-0.39, 0.29) is 24.5 Å². The topological polar surface area (TPSA) is 85.3 Å². The van der Waals surface area contributed by atoms with Crippen molar-refractivity contribution in [3.8, 4) is 17.2 Å². The van der Waals surface area contributed by atoms with Crippen LogP contribution in [0.2, 0.25) is 0 Å². The molecule has 198 valence electrons. The summed E-state index contributed by atoms with van der Waals surface area (Å²) >= 11 is 0. The van der Waals surface area contributed by atoms with Gasteiger partial charge in [0.25, 0.3) is 11.7 Å². The van der Waals surface area contributed by atoms with Crippen LogP contribution in [0.1, 0.15) is 36.6 Å². The zero-order chi connectivity index (χ0) is 27.2. The highest BCUT2D eigenvalue weighted by molar-refractivity contribution is 6.46. The summed E-state index contributed by atoms with van der Waals surface area (Å²) in [6, 6.07) is 21.0. The molecule has 4 rings (SSSR count). The number of methoxy groups -OCH3 is 1. The number of ether oxygens (including phenoxy) is 3. The van der Waals surface area contributed by atoms with Gasteiger partial charge in [-0.15, -0.1) is 0 Å². The molecule has 1 atom stereocenters. The van der Waals surface area contributed by atoms with E-state index in [0.717, 1.165) is 5.56 Å². The smallest absolute Gasteiger partial charge is 0.295 e. The van der Waals surface area contributed by atoms with E-state index in [2.05, 4.69) is 13.8 Å². The van der Waals surface area contributed by atoms with Gasteiger partial charge in [-0.3, -0.25) is 9.59 Å². The number of hydrogen-bond donors (Lipinski definition) is 1. The number of aliphatic hydroxyl groups is 1. The summed E-state index contributed by atoms with van der Waals surface area (Å²) in [4.78, 5) is 27.9. The number of nitrogens with zero attached hydrogens (tertiary/aromatic N) is 1. The summed E-state index contributed by atoms with van der Waals surface area (Å²) in [7, 11) is 1.53. The van der Waals surface area contributed by atoms with Gasteiger partial charge in [0.15, 0.2) is 0 Å². The minimum absolute atomic E-state index is 0.0295. The number of aryl methyl sites for hydroxylation is 1. The summed E-state index contributed by atoms with van der Waals surface area (Å²) in [6.07, 6.45) is 0. The van der Waals surface area contributed by atoms with Crippen LogP contribution in [-0.2, 0) is 14.3 Å². The van der Waals surface area contributed by atoms with Crippen LogP contribution in [-0.4, -0.2) is 48.6 Å². The molecule has 0 saturated carbocycles. The Kier molecular flexibility index (Phi) is 8.48. The first-order chi connectivity index (χ1) is 18.3. The standard InChI is InChI=1S/C31H33NO6/c1-20(2)19-37-24-13-14-26(21(3)17-24)29(33)27-28(32(15-16-36-4)31(35)30(27)34)22-9-8-12-25(18-22)38-23-10-6-5-7-11-23/h5-14,17-18,20,28,33H,15-16,19H2,1-4H3/b29-27+. The van der Waals surface area contributed by atoms with Crippen molar-refractivity contribution in [3.63, 3.8) is 0 Å². The maximum Gasteiger partial charge on any atom is 0.295 e. The van der Waals surface area contributed by atoms with Crippen LogP contribution in [0, 0.1) is 12.8 Å². The molecule has 1 amide bonds. The van der Waals surface area contributed by atoms with E-state index in [1.807, 2.05) is 49.4 Å². The monoisotopic (exact) mass is 515 g/mol. The highest BCUT2D eigenvalue weighted by Gasteiger charge is 2.46. The van der Waals surface area contributed by atoms with Gasteiger partial charge in [0.1, 0.15) is 23.0 Å². The number of Topliss-reactive ketones (excluding diaryl/α,β-unsaturated/α-hetero) is 1. The van der Waals surface area contributed by atoms with Crippen LogP contribution < -0.4 is 9.47 Å². The largest absolute Gasteiger partial charge is 0.507 e. The van der Waals surface area contributed by atoms with E-state index in [4.69, 9.17) is 14.2 Å². The average Bonchev–Trinajstić information content (AvgIpc) is 3.16. The van der Waals surface area contributed by atoms with Crippen LogP contribution in [0.3, 0.4) is 0 Å². The molecular weight excluding hydrogens is 482 g/mol. The second-order valence-corrected chi connectivity index (χ2v) is 9.65. The van der Waals surface area contributed by atoms with Gasteiger partial charge in [-0.1, -0.05) is 44.2 Å². The number of likely N-dealkylation sites (tertiary alicyclic amines) is 1. The zero-order valence-corrected chi connectivity index (χ0v) is 22.1. The molecule has 1 aliphatic rings. The predicted octanol–water partition coefficient (Wildman–Crippen LogP) is 5.89. The molecule has 0 spiro atoms. The third kappa shape index (κ3) is 5.89. The fourth-order valence-corrected chi connectivity index (χ4v) is 4.42. The molecule has 7 nitrogen and oxygen atoms in total. The highest BCUT2D eigenvalue weighted by Crippen LogP contribution is 2.41. The SMILES string of the molecule is COCCN1C(=O)C(=O)/C(=C(/O)c2ccc(OCC(C)C)cc2C)C1c1cccc(Oc2ccccc2)c1. The number of aliphatic hydroxyl groups excluding tert-OH is 1. The van der Waals surface area contributed by atoms with E-state index in [1.165, 1.54) is 12.0 Å². The Bertz CT molecular complexity index is 1330. The molecule has 3 aromatic carbocycles. The Labute approximate surface area is 223 Å². The zero-order valence-electron chi connectivity index (χ0n) is 22.1. The maximum absolute atomic E-state index is 13.3. The third-order valence-corrected chi connectivity index (χ3v) is 6.27. The number of ketones is 1. The van der Waals surface area contributed by atoms with Crippen LogP contribution in [0.15, 0.2) is 78.4 Å². The Morgan fingerprint density at radius 3 is 2.37 bits per heavy atom. The molecule has 7 heteroatoms. The number of amides is 1. The van der Waals surface area contributed by atoms with E-state index >= 15 is 0 Å². The normalized spacial score (nSPS) is 16.8. The summed E-state index contributed by atoms with van der Waals surface area (Å²) in [5.74, 6) is 0.608. The van der Waals surface area contributed by atoms with Crippen LogP contribution >= 0.6 is 0 Å². The Balaban J connectivity index is 1.76. The number of rotatable bonds is 10. The number of hydrogen-bond acceptors (Lipinski definition) is 6. The molecule has 1 heterocycles. The first-order valence-corrected chi connectivity index (χ1v) is 12.6. The lowest BCUT2D eigenvalue weighted by Crippen LogP contribution is -2.32. The third-order valence-electron chi connectivity index (χ3n) is 6.27. The van der Waals surface area contributed by atoms with Gasteiger partial charge in [0.05, 0.1) is 24.8 Å². The van der Waals surface area contributed by atoms with Crippen molar-refractivity contribution in [3.05, 3.63) is 95.1 Å². The first-order valence-electron chi connectivity index (χ1n) is 12.6. The van der Waals surface area contributed by atoms with E-state index in [0.29, 0.717) is 40.9 Å². The summed E-state index contributed by atoms with van der Waals surface area (Å²) in [5.41, 5.74) is 1.87. The second kappa shape index (κ2) is 12.0. The minimum Gasteiger partial charge on any atom is -0.507 e. The highest BCUT2D eigenvalue weighted by atomic mass is 16.5. The Hall–Kier alpha value is -4.10. The molecule has 1 unspecified atom stereocenters. The number of para-hydroxylation sites is 1. The van der Waals surface area contributed by atoms with Gasteiger partial charge in [-0.05, 0) is 66.4 Å². The first kappa shape index (κ1) is 26.9. The number of carbonyl (C=O) groups is 2. The fourth-order valence-electron chi connectivity index (χ4n) is 4.42. The molecule has 0 radical (unpaired) electrons. The molecule has 38 heavy (non-hydrogen) atoms. The van der Waals surface area contributed by atoms with Crippen LogP contribution in [0.5, 0.6) is 17.2 Å². The fraction of sp³-hybridized carbons (Fsp3) is 0.290. The summed E-state index contributed by atoms with van der Waals surface area (Å²) in [5, 5.41) is 11.5. The lowest BCUT2D eigenvalue weighted by molar-refractivity contribution is -0.140. The van der Waals surface area contributed by atoms with Gasteiger partial charge in [0.2, 0.25) is 0 Å². The Morgan fingerprint density at radius 1 is 0.947 bits per heavy atom. The predicted molar refractivity (Wildman–Crippen MR) is 145 cm³/mol. The number of benzene rings is 3. The summed E-state index contributed by atoms with van der Waals surface area (Å²) in [6.45, 7) is 6.96. The van der Waals surface area contributed by atoms with E-state index < -0.39 is 17.7 Å². The minimum atomic E-state index is -0.805. The number of carbonyl (C=O) groups excluding carboxylic acids is 2. The van der Waals surface area contributed by atoms with Gasteiger partial charge < -0.3 is 24.2 Å². The van der Waals surface area contributed by atoms with E-state index in [1.54, 1.807) is 30.3 Å². The molecule has 1 saturated heterocycles. The second-order valence-electron chi connectivity index (χ2n) is 9.65. The molecule has 0 aliphatic carbocycles. The van der Waals surface area contributed by atoms with Crippen LogP contribution in [0.4, 0.5) is 0 Å².